The molecule has 9 nitrogen and oxygen atoms in total. The Labute approximate surface area is 215 Å². The Kier molecular flexibility index (Phi) is 7.52. The van der Waals surface area contributed by atoms with Gasteiger partial charge in [0.25, 0.3) is 5.91 Å². The monoisotopic (exact) mass is 502 g/mol. The molecule has 0 fully saturated rings. The molecule has 1 N–H and O–H groups in total. The molecule has 0 spiro atoms. The molecule has 3 heterocycles. The van der Waals surface area contributed by atoms with Crippen LogP contribution in [0.25, 0.3) is 0 Å². The maximum Gasteiger partial charge on any atom is 0.414 e. The maximum atomic E-state index is 12.8. The van der Waals surface area contributed by atoms with Crippen LogP contribution in [0.5, 0.6) is 0 Å². The Bertz CT molecular complexity index is 1320. The molecule has 37 heavy (non-hydrogen) atoms. The predicted octanol–water partition coefficient (Wildman–Crippen LogP) is 4.08. The maximum absolute atomic E-state index is 12.8. The molecule has 0 radical (unpaired) electrons. The minimum Gasteiger partial charge on any atom is -0.456 e. The van der Waals surface area contributed by atoms with Gasteiger partial charge in [0.1, 0.15) is 17.9 Å². The topological polar surface area (TPSA) is 111 Å². The molecule has 0 atom stereocenters. The number of hydrogen-bond acceptors (Lipinski definition) is 7. The fraction of sp³-hybridized carbons (Fsp3) is 0.321. The van der Waals surface area contributed by atoms with Crippen LogP contribution in [0.4, 0.5) is 10.5 Å². The number of hydrogen-bond donors (Lipinski definition) is 1. The zero-order chi connectivity index (χ0) is 26.6. The van der Waals surface area contributed by atoms with Crippen molar-refractivity contribution in [3.05, 3.63) is 88.5 Å². The molecule has 0 saturated heterocycles. The van der Waals surface area contributed by atoms with Gasteiger partial charge in [0.15, 0.2) is 0 Å². The van der Waals surface area contributed by atoms with E-state index in [-0.39, 0.29) is 17.9 Å². The number of anilines is 1. The minimum absolute atomic E-state index is 0.118. The lowest BCUT2D eigenvalue weighted by Gasteiger charge is -2.20. The summed E-state index contributed by atoms with van der Waals surface area (Å²) in [4.78, 5) is 48.3. The van der Waals surface area contributed by atoms with Gasteiger partial charge in [0.05, 0.1) is 17.4 Å². The van der Waals surface area contributed by atoms with E-state index in [4.69, 9.17) is 9.47 Å². The largest absolute Gasteiger partial charge is 0.456 e. The lowest BCUT2D eigenvalue weighted by molar-refractivity contribution is 0.00691. The third kappa shape index (κ3) is 6.30. The van der Waals surface area contributed by atoms with E-state index >= 15 is 0 Å². The van der Waals surface area contributed by atoms with E-state index in [2.05, 4.69) is 15.3 Å². The summed E-state index contributed by atoms with van der Waals surface area (Å²) in [6.07, 6.45) is 3.88. The van der Waals surface area contributed by atoms with E-state index in [1.807, 2.05) is 30.3 Å². The number of nitrogens with zero attached hydrogens (tertiary/aromatic N) is 3. The molecular formula is C28H30N4O5. The van der Waals surface area contributed by atoms with Gasteiger partial charge in [-0.25, -0.2) is 14.6 Å². The molecule has 1 aliphatic heterocycles. The van der Waals surface area contributed by atoms with E-state index in [0.717, 1.165) is 16.7 Å². The van der Waals surface area contributed by atoms with Gasteiger partial charge < -0.3 is 14.8 Å². The number of benzene rings is 1. The normalized spacial score (nSPS) is 12.6. The fourth-order valence-electron chi connectivity index (χ4n) is 4.10. The molecule has 192 valence electrons. The molecular weight excluding hydrogens is 472 g/mol. The first-order valence-corrected chi connectivity index (χ1v) is 12.0. The first-order chi connectivity index (χ1) is 17.6. The van der Waals surface area contributed by atoms with Crippen LogP contribution < -0.4 is 10.2 Å². The van der Waals surface area contributed by atoms with Crippen LogP contribution in [0.2, 0.25) is 0 Å². The molecule has 4 rings (SSSR count). The van der Waals surface area contributed by atoms with Crippen LogP contribution in [-0.2, 0) is 28.9 Å². The average molecular weight is 503 g/mol. The Balaban J connectivity index is 1.57. The number of pyridine rings is 2. The van der Waals surface area contributed by atoms with Crippen LogP contribution in [0.3, 0.4) is 0 Å². The van der Waals surface area contributed by atoms with E-state index in [9.17, 15) is 14.4 Å². The molecule has 0 aliphatic carbocycles. The third-order valence-corrected chi connectivity index (χ3v) is 5.77. The van der Waals surface area contributed by atoms with Gasteiger partial charge in [0, 0.05) is 31.9 Å². The molecule has 9 heteroatoms. The number of carbonyl (C=O) groups excluding carboxylic acids is 3. The zero-order valence-corrected chi connectivity index (χ0v) is 21.4. The molecule has 1 aromatic carbocycles. The molecule has 0 saturated carbocycles. The number of esters is 1. The summed E-state index contributed by atoms with van der Waals surface area (Å²) in [7, 11) is 1.50. The summed E-state index contributed by atoms with van der Waals surface area (Å²) in [5.74, 6) is -0.944. The molecule has 1 aliphatic rings. The number of carbonyl (C=O) groups is 3. The van der Waals surface area contributed by atoms with E-state index in [1.54, 1.807) is 44.1 Å². The van der Waals surface area contributed by atoms with Crippen molar-refractivity contribution in [1.29, 1.82) is 0 Å². The Morgan fingerprint density at radius 2 is 1.84 bits per heavy atom. The average Bonchev–Trinajstić information content (AvgIpc) is 3.31. The number of amides is 2. The second-order valence-electron chi connectivity index (χ2n) is 9.73. The van der Waals surface area contributed by atoms with Gasteiger partial charge >= 0.3 is 12.1 Å². The highest BCUT2D eigenvalue weighted by atomic mass is 16.6. The van der Waals surface area contributed by atoms with Gasteiger partial charge in [-0.2, -0.15) is 0 Å². The van der Waals surface area contributed by atoms with Crippen LogP contribution in [0.15, 0.2) is 54.9 Å². The SMILES string of the molecule is CNC(=O)c1cc(C(=O)OC(C)(C)C)cc(Cc2cncc3c2CCN3C(=O)OCc2ccccc2)n1. The van der Waals surface area contributed by atoms with Crippen LogP contribution in [0, 0.1) is 0 Å². The number of aromatic nitrogens is 2. The summed E-state index contributed by atoms with van der Waals surface area (Å²) in [5, 5.41) is 2.55. The third-order valence-electron chi connectivity index (χ3n) is 5.77. The quantitative estimate of drug-likeness (QED) is 0.506. The van der Waals surface area contributed by atoms with Crippen molar-refractivity contribution in [1.82, 2.24) is 15.3 Å². The predicted molar refractivity (Wildman–Crippen MR) is 138 cm³/mol. The van der Waals surface area contributed by atoms with Crippen molar-refractivity contribution in [2.24, 2.45) is 0 Å². The first kappa shape index (κ1) is 25.8. The number of fused-ring (bicyclic) bond motifs is 1. The van der Waals surface area contributed by atoms with Crippen LogP contribution in [0.1, 0.15) is 64.0 Å². The highest BCUT2D eigenvalue weighted by Gasteiger charge is 2.29. The van der Waals surface area contributed by atoms with Crippen molar-refractivity contribution in [2.45, 2.75) is 45.8 Å². The van der Waals surface area contributed by atoms with E-state index < -0.39 is 23.6 Å². The Morgan fingerprint density at radius 1 is 1.08 bits per heavy atom. The van der Waals surface area contributed by atoms with E-state index in [1.165, 1.54) is 13.1 Å². The zero-order valence-electron chi connectivity index (χ0n) is 21.4. The van der Waals surface area contributed by atoms with Crippen molar-refractivity contribution < 1.29 is 23.9 Å². The van der Waals surface area contributed by atoms with Crippen molar-refractivity contribution in [3.63, 3.8) is 0 Å². The highest BCUT2D eigenvalue weighted by molar-refractivity contribution is 5.96. The van der Waals surface area contributed by atoms with Gasteiger partial charge in [-0.3, -0.25) is 14.7 Å². The van der Waals surface area contributed by atoms with Crippen molar-refractivity contribution in [2.75, 3.05) is 18.5 Å². The van der Waals surface area contributed by atoms with Crippen molar-refractivity contribution >= 4 is 23.7 Å². The number of rotatable bonds is 6. The van der Waals surface area contributed by atoms with Crippen LogP contribution >= 0.6 is 0 Å². The fourth-order valence-corrected chi connectivity index (χ4v) is 4.10. The Morgan fingerprint density at radius 3 is 2.54 bits per heavy atom. The lowest BCUT2D eigenvalue weighted by atomic mass is 10.0. The van der Waals surface area contributed by atoms with Crippen molar-refractivity contribution in [3.8, 4) is 0 Å². The number of ether oxygens (including phenoxy) is 2. The molecule has 2 aromatic heterocycles. The smallest absolute Gasteiger partial charge is 0.414 e. The van der Waals surface area contributed by atoms with Gasteiger partial charge in [-0.1, -0.05) is 30.3 Å². The molecule has 2 amide bonds. The van der Waals surface area contributed by atoms with Gasteiger partial charge in [-0.15, -0.1) is 0 Å². The first-order valence-electron chi connectivity index (χ1n) is 12.0. The lowest BCUT2D eigenvalue weighted by Crippen LogP contribution is -2.29. The summed E-state index contributed by atoms with van der Waals surface area (Å²) >= 11 is 0. The minimum atomic E-state index is -0.684. The Hall–Kier alpha value is -4.27. The number of nitrogens with one attached hydrogen (secondary N) is 1. The highest BCUT2D eigenvalue weighted by Crippen LogP contribution is 2.31. The van der Waals surface area contributed by atoms with Crippen LogP contribution in [-0.4, -0.2) is 47.1 Å². The summed E-state index contributed by atoms with van der Waals surface area (Å²) in [5.41, 5.74) is 3.59. The summed E-state index contributed by atoms with van der Waals surface area (Å²) in [6.45, 7) is 5.99. The van der Waals surface area contributed by atoms with E-state index in [0.29, 0.717) is 30.8 Å². The molecule has 0 unspecified atom stereocenters. The molecule has 0 bridgehead atoms. The molecule has 3 aromatic rings. The van der Waals surface area contributed by atoms with Gasteiger partial charge in [-0.05, 0) is 56.0 Å². The second-order valence-corrected chi connectivity index (χ2v) is 9.73. The summed E-state index contributed by atoms with van der Waals surface area (Å²) < 4.78 is 11.0. The van der Waals surface area contributed by atoms with Gasteiger partial charge in [0.2, 0.25) is 0 Å². The second kappa shape index (κ2) is 10.8. The standard InChI is InChI=1S/C28H30N4O5/c1-28(2,3)37-26(34)19-12-21(31-23(14-19)25(33)29-4)13-20-15-30-16-24-22(20)10-11-32(24)27(35)36-17-18-8-6-5-7-9-18/h5-9,12,14-16H,10-11,13,17H2,1-4H3,(H,29,33). The summed E-state index contributed by atoms with van der Waals surface area (Å²) in [6, 6.07) is 12.5.